The van der Waals surface area contributed by atoms with Crippen LogP contribution >= 0.6 is 0 Å². The molecule has 1 aromatic carbocycles. The molecule has 0 aromatic heterocycles. The highest BCUT2D eigenvalue weighted by molar-refractivity contribution is 6.85. The second kappa shape index (κ2) is 8.66. The molecule has 1 aromatic rings. The lowest BCUT2D eigenvalue weighted by molar-refractivity contribution is -0.146. The molecule has 0 fully saturated rings. The van der Waals surface area contributed by atoms with Gasteiger partial charge in [-0.3, -0.25) is 4.79 Å². The first-order valence-corrected chi connectivity index (χ1v) is 11.3. The van der Waals surface area contributed by atoms with Gasteiger partial charge in [0.05, 0.1) is 8.07 Å². The van der Waals surface area contributed by atoms with E-state index in [4.69, 9.17) is 4.74 Å². The second-order valence-corrected chi connectivity index (χ2v) is 13.8. The Labute approximate surface area is 149 Å². The highest BCUT2D eigenvalue weighted by Gasteiger charge is 2.51. The van der Waals surface area contributed by atoms with E-state index in [2.05, 4.69) is 66.3 Å². The third-order valence-corrected chi connectivity index (χ3v) is 13.3. The second-order valence-electron chi connectivity index (χ2n) is 7.67. The molecule has 2 nitrogen and oxygen atoms in total. The van der Waals surface area contributed by atoms with Crippen LogP contribution in [0.1, 0.15) is 60.1 Å². The first-order chi connectivity index (χ1) is 11.2. The number of carbonyl (C=O) groups is 1. The van der Waals surface area contributed by atoms with Crippen molar-refractivity contribution in [3.8, 4) is 0 Å². The molecule has 0 saturated carbocycles. The molecule has 0 aliphatic carbocycles. The minimum absolute atomic E-state index is 0.184. The molecule has 0 bridgehead atoms. The smallest absolute Gasteiger partial charge is 0.303 e. The van der Waals surface area contributed by atoms with Crippen molar-refractivity contribution in [2.45, 2.75) is 76.7 Å². The summed E-state index contributed by atoms with van der Waals surface area (Å²) in [5.74, 6) is -0.227. The van der Waals surface area contributed by atoms with Crippen LogP contribution in [-0.4, -0.2) is 14.0 Å². The highest BCUT2D eigenvalue weighted by atomic mass is 28.3. The summed E-state index contributed by atoms with van der Waals surface area (Å²) in [5, 5.41) is 0. The van der Waals surface area contributed by atoms with E-state index in [1.165, 1.54) is 6.92 Å². The number of ether oxygens (including phenoxy) is 1. The topological polar surface area (TPSA) is 26.3 Å². The van der Waals surface area contributed by atoms with Crippen LogP contribution < -0.4 is 0 Å². The summed E-state index contributed by atoms with van der Waals surface area (Å²) in [5.41, 5.74) is 2.96. The SMILES string of the molecule is C=C[C@H]([C@@H](OC(C)=O)c1ccccc1)[Si](C(C)C)(C(C)C)C(C)C. The number of carbonyl (C=O) groups excluding carboxylic acids is 1. The molecule has 1 rings (SSSR count). The van der Waals surface area contributed by atoms with E-state index in [-0.39, 0.29) is 17.6 Å². The van der Waals surface area contributed by atoms with Gasteiger partial charge in [-0.05, 0) is 22.2 Å². The van der Waals surface area contributed by atoms with Crippen LogP contribution in [0, 0.1) is 0 Å². The number of benzene rings is 1. The maximum absolute atomic E-state index is 11.8. The van der Waals surface area contributed by atoms with Crippen molar-refractivity contribution in [3.05, 3.63) is 48.6 Å². The minimum Gasteiger partial charge on any atom is -0.457 e. The van der Waals surface area contributed by atoms with Gasteiger partial charge in [0.25, 0.3) is 0 Å². The third kappa shape index (κ3) is 4.00. The van der Waals surface area contributed by atoms with Gasteiger partial charge in [-0.1, -0.05) is 78.0 Å². The number of esters is 1. The summed E-state index contributed by atoms with van der Waals surface area (Å²) in [6.45, 7) is 19.7. The molecule has 0 heterocycles. The van der Waals surface area contributed by atoms with Gasteiger partial charge in [-0.15, -0.1) is 6.58 Å². The average Bonchev–Trinajstić information content (AvgIpc) is 2.49. The van der Waals surface area contributed by atoms with Crippen molar-refractivity contribution in [2.75, 3.05) is 0 Å². The fourth-order valence-electron chi connectivity index (χ4n) is 4.91. The molecule has 0 spiro atoms. The summed E-state index contributed by atoms with van der Waals surface area (Å²) in [6.07, 6.45) is 1.81. The first kappa shape index (κ1) is 20.7. The molecule has 0 aliphatic rings. The van der Waals surface area contributed by atoms with Gasteiger partial charge in [0.15, 0.2) is 0 Å². The Morgan fingerprint density at radius 3 is 1.79 bits per heavy atom. The highest BCUT2D eigenvalue weighted by Crippen LogP contribution is 2.54. The number of hydrogen-bond donors (Lipinski definition) is 0. The Hall–Kier alpha value is -1.35. The van der Waals surface area contributed by atoms with Gasteiger partial charge in [-0.2, -0.15) is 0 Å². The van der Waals surface area contributed by atoms with Gasteiger partial charge in [0.2, 0.25) is 0 Å². The summed E-state index contributed by atoms with van der Waals surface area (Å²) in [4.78, 5) is 11.8. The molecule has 0 amide bonds. The first-order valence-electron chi connectivity index (χ1n) is 9.04. The van der Waals surface area contributed by atoms with Gasteiger partial charge in [-0.25, -0.2) is 0 Å². The van der Waals surface area contributed by atoms with E-state index in [9.17, 15) is 4.79 Å². The van der Waals surface area contributed by atoms with E-state index in [1.807, 2.05) is 18.2 Å². The van der Waals surface area contributed by atoms with Crippen LogP contribution in [0.5, 0.6) is 0 Å². The van der Waals surface area contributed by atoms with Crippen LogP contribution in [-0.2, 0) is 9.53 Å². The van der Waals surface area contributed by atoms with Crippen molar-refractivity contribution >= 4 is 14.0 Å². The molecule has 0 saturated heterocycles. The van der Waals surface area contributed by atoms with Crippen molar-refractivity contribution in [1.82, 2.24) is 0 Å². The zero-order valence-electron chi connectivity index (χ0n) is 16.4. The standard InChI is InChI=1S/C21H34O2Si/c1-9-20(24(15(2)3,16(4)5)17(6)7)21(23-18(8)22)19-13-11-10-12-14-19/h9-17,20-21H,1H2,2-8H3/t20-,21+/m1/s1. The van der Waals surface area contributed by atoms with Crippen LogP contribution in [0.4, 0.5) is 0 Å². The van der Waals surface area contributed by atoms with Crippen molar-refractivity contribution < 1.29 is 9.53 Å². The van der Waals surface area contributed by atoms with Crippen molar-refractivity contribution in [1.29, 1.82) is 0 Å². The monoisotopic (exact) mass is 346 g/mol. The largest absolute Gasteiger partial charge is 0.457 e. The van der Waals surface area contributed by atoms with Gasteiger partial charge < -0.3 is 4.74 Å². The molecule has 0 unspecified atom stereocenters. The van der Waals surface area contributed by atoms with Crippen molar-refractivity contribution in [2.24, 2.45) is 0 Å². The summed E-state index contributed by atoms with van der Waals surface area (Å²) < 4.78 is 5.87. The van der Waals surface area contributed by atoms with Gasteiger partial charge in [0.1, 0.15) is 6.10 Å². The lowest BCUT2D eigenvalue weighted by atomic mass is 10.1. The van der Waals surface area contributed by atoms with E-state index >= 15 is 0 Å². The molecule has 134 valence electrons. The average molecular weight is 347 g/mol. The summed E-state index contributed by atoms with van der Waals surface area (Å²) in [6, 6.07) is 10.1. The van der Waals surface area contributed by atoms with Gasteiger partial charge in [0, 0.05) is 12.5 Å². The minimum atomic E-state index is -1.87. The maximum Gasteiger partial charge on any atom is 0.303 e. The summed E-state index contributed by atoms with van der Waals surface area (Å²) >= 11 is 0. The molecular weight excluding hydrogens is 312 g/mol. The molecule has 24 heavy (non-hydrogen) atoms. The normalized spacial score (nSPS) is 14.8. The van der Waals surface area contributed by atoms with Gasteiger partial charge >= 0.3 is 5.97 Å². The fraction of sp³-hybridized carbons (Fsp3) is 0.571. The zero-order chi connectivity index (χ0) is 18.5. The van der Waals surface area contributed by atoms with Crippen molar-refractivity contribution in [3.63, 3.8) is 0 Å². The fourth-order valence-corrected chi connectivity index (χ4v) is 12.4. The van der Waals surface area contributed by atoms with E-state index < -0.39 is 8.07 Å². The Morgan fingerprint density at radius 1 is 1.00 bits per heavy atom. The molecule has 2 atom stereocenters. The molecule has 0 aliphatic heterocycles. The predicted octanol–water partition coefficient (Wildman–Crippen LogP) is 6.53. The summed E-state index contributed by atoms with van der Waals surface area (Å²) in [7, 11) is -1.87. The van der Waals surface area contributed by atoms with E-state index in [0.29, 0.717) is 16.6 Å². The van der Waals surface area contributed by atoms with Crippen LogP contribution in [0.15, 0.2) is 43.0 Å². The molecular formula is C21H34O2Si. The number of hydrogen-bond acceptors (Lipinski definition) is 2. The van der Waals surface area contributed by atoms with Crippen LogP contribution in [0.2, 0.25) is 22.2 Å². The van der Waals surface area contributed by atoms with E-state index in [0.717, 1.165) is 5.56 Å². The zero-order valence-corrected chi connectivity index (χ0v) is 17.4. The quantitative estimate of drug-likeness (QED) is 0.304. The third-order valence-electron chi connectivity index (χ3n) is 5.58. The van der Waals surface area contributed by atoms with Crippen LogP contribution in [0.25, 0.3) is 0 Å². The molecule has 0 radical (unpaired) electrons. The van der Waals surface area contributed by atoms with E-state index in [1.54, 1.807) is 0 Å². The number of rotatable bonds is 8. The lowest BCUT2D eigenvalue weighted by Gasteiger charge is -2.50. The Balaban J connectivity index is 3.54. The predicted molar refractivity (Wildman–Crippen MR) is 106 cm³/mol. The Bertz CT molecular complexity index is 512. The molecule has 3 heteroatoms. The molecule has 0 N–H and O–H groups in total. The Kier molecular flexibility index (Phi) is 7.46. The maximum atomic E-state index is 11.8. The Morgan fingerprint density at radius 2 is 1.46 bits per heavy atom. The lowest BCUT2D eigenvalue weighted by Crippen LogP contribution is -2.50. The van der Waals surface area contributed by atoms with Crippen LogP contribution in [0.3, 0.4) is 0 Å².